The molecular weight excluding hydrogens is 473 g/mol. The van der Waals surface area contributed by atoms with Gasteiger partial charge < -0.3 is 5.11 Å². The zero-order valence-electron chi connectivity index (χ0n) is 21.9. The van der Waals surface area contributed by atoms with Crippen LogP contribution in [0.3, 0.4) is 0 Å². The van der Waals surface area contributed by atoms with E-state index in [1.54, 1.807) is 6.07 Å². The maximum absolute atomic E-state index is 8.78. The van der Waals surface area contributed by atoms with Gasteiger partial charge in [-0.2, -0.15) is 0 Å². The fourth-order valence-electron chi connectivity index (χ4n) is 2.72. The van der Waals surface area contributed by atoms with E-state index in [0.29, 0.717) is 10.0 Å². The molecule has 4 heteroatoms. The van der Waals surface area contributed by atoms with Crippen molar-refractivity contribution in [3.63, 3.8) is 0 Å². The van der Waals surface area contributed by atoms with Gasteiger partial charge in [0.25, 0.3) is 0 Å². The summed E-state index contributed by atoms with van der Waals surface area (Å²) in [5, 5.41) is 10.0. The summed E-state index contributed by atoms with van der Waals surface area (Å²) in [5.74, 6) is 0. The second kappa shape index (κ2) is 16.1. The summed E-state index contributed by atoms with van der Waals surface area (Å²) in [4.78, 5) is 4.14. The summed E-state index contributed by atoms with van der Waals surface area (Å²) in [7, 11) is 0. The van der Waals surface area contributed by atoms with E-state index in [1.165, 1.54) is 22.3 Å². The lowest BCUT2D eigenvalue weighted by molar-refractivity contribution is 0.275. The Morgan fingerprint density at radius 3 is 1.26 bits per heavy atom. The summed E-state index contributed by atoms with van der Waals surface area (Å²) >= 11 is 11.3. The Morgan fingerprint density at radius 2 is 0.943 bits per heavy atom. The van der Waals surface area contributed by atoms with E-state index < -0.39 is 0 Å². The Kier molecular flexibility index (Phi) is 14.0. The topological polar surface area (TPSA) is 33.1 Å². The third kappa shape index (κ3) is 13.1. The number of pyridine rings is 1. The molecule has 2 nitrogen and oxygen atoms in total. The molecule has 3 aromatic carbocycles. The van der Waals surface area contributed by atoms with E-state index in [1.807, 2.05) is 45.0 Å². The Bertz CT molecular complexity index is 1070. The van der Waals surface area contributed by atoms with Gasteiger partial charge in [-0.1, -0.05) is 106 Å². The average molecular weight is 511 g/mol. The molecule has 1 N–H and O–H groups in total. The van der Waals surface area contributed by atoms with E-state index in [0.717, 1.165) is 22.5 Å². The Balaban J connectivity index is 0.000000234. The lowest BCUT2D eigenvalue weighted by atomic mass is 10.2. The third-order valence-corrected chi connectivity index (χ3v) is 5.74. The van der Waals surface area contributed by atoms with Crippen LogP contribution in [0.15, 0.2) is 78.9 Å². The fraction of sp³-hybridized carbons (Fsp3) is 0.258. The number of aliphatic hydroxyl groups excluding tert-OH is 1. The van der Waals surface area contributed by atoms with Crippen LogP contribution < -0.4 is 0 Å². The lowest BCUT2D eigenvalue weighted by Gasteiger charge is -2.00. The van der Waals surface area contributed by atoms with E-state index in [-0.39, 0.29) is 6.61 Å². The maximum Gasteiger partial charge on any atom is 0.0855 e. The molecule has 1 heterocycles. The number of nitrogens with zero attached hydrogens (tertiary/aromatic N) is 1. The smallest absolute Gasteiger partial charge is 0.0855 e. The summed E-state index contributed by atoms with van der Waals surface area (Å²) in [6.45, 7) is 14.3. The van der Waals surface area contributed by atoms with E-state index in [9.17, 15) is 0 Å². The molecule has 0 aliphatic heterocycles. The largest absolute Gasteiger partial charge is 0.390 e. The molecule has 0 radical (unpaired) electrons. The molecule has 0 amide bonds. The summed E-state index contributed by atoms with van der Waals surface area (Å²) in [6, 6.07) is 26.4. The Labute approximate surface area is 221 Å². The predicted octanol–water partition coefficient (Wildman–Crippen LogP) is 9.10. The van der Waals surface area contributed by atoms with Crippen molar-refractivity contribution in [3.05, 3.63) is 134 Å². The molecule has 0 saturated heterocycles. The van der Waals surface area contributed by atoms with Crippen LogP contribution in [0.5, 0.6) is 0 Å². The predicted molar refractivity (Wildman–Crippen MR) is 153 cm³/mol. The lowest BCUT2D eigenvalue weighted by Crippen LogP contribution is -1.94. The van der Waals surface area contributed by atoms with Gasteiger partial charge in [-0.15, -0.1) is 0 Å². The SMILES string of the molecule is Cc1ccc(C)c(CO)n1.Cc1ccc(C)cc1.Cc1ccc(C)cc1.Cc1ccc(Cl)c(Cl)c1. The van der Waals surface area contributed by atoms with Crippen LogP contribution in [-0.4, -0.2) is 10.1 Å². The first-order valence-electron chi connectivity index (χ1n) is 11.5. The molecule has 0 bridgehead atoms. The number of aryl methyl sites for hydroxylation is 7. The van der Waals surface area contributed by atoms with Crippen LogP contribution in [0.4, 0.5) is 0 Å². The molecule has 0 unspecified atom stereocenters. The van der Waals surface area contributed by atoms with Gasteiger partial charge in [0.05, 0.1) is 22.3 Å². The van der Waals surface area contributed by atoms with E-state index >= 15 is 0 Å². The van der Waals surface area contributed by atoms with Crippen LogP contribution in [0.25, 0.3) is 0 Å². The van der Waals surface area contributed by atoms with E-state index in [2.05, 4.69) is 81.2 Å². The quantitative estimate of drug-likeness (QED) is 0.277. The van der Waals surface area contributed by atoms with Crippen molar-refractivity contribution in [3.8, 4) is 0 Å². The van der Waals surface area contributed by atoms with Crippen molar-refractivity contribution < 1.29 is 5.11 Å². The zero-order valence-corrected chi connectivity index (χ0v) is 23.4. The molecule has 0 saturated carbocycles. The molecule has 35 heavy (non-hydrogen) atoms. The Morgan fingerprint density at radius 1 is 0.543 bits per heavy atom. The summed E-state index contributed by atoms with van der Waals surface area (Å²) < 4.78 is 0. The highest BCUT2D eigenvalue weighted by Crippen LogP contribution is 2.21. The van der Waals surface area contributed by atoms with Gasteiger partial charge >= 0.3 is 0 Å². The Hall–Kier alpha value is -2.65. The van der Waals surface area contributed by atoms with Gasteiger partial charge in [0, 0.05) is 5.69 Å². The van der Waals surface area contributed by atoms with Gasteiger partial charge in [0.2, 0.25) is 0 Å². The van der Waals surface area contributed by atoms with Crippen molar-refractivity contribution in [1.29, 1.82) is 0 Å². The van der Waals surface area contributed by atoms with Gasteiger partial charge in [0.1, 0.15) is 0 Å². The number of hydrogen-bond acceptors (Lipinski definition) is 2. The number of benzene rings is 3. The molecule has 186 valence electrons. The second-order valence-corrected chi connectivity index (χ2v) is 9.42. The maximum atomic E-state index is 8.78. The van der Waals surface area contributed by atoms with E-state index in [4.69, 9.17) is 28.3 Å². The second-order valence-electron chi connectivity index (χ2n) is 8.60. The van der Waals surface area contributed by atoms with Gasteiger partial charge in [-0.25, -0.2) is 0 Å². The first kappa shape index (κ1) is 30.4. The molecule has 4 aromatic rings. The normalized spacial score (nSPS) is 9.54. The molecular formula is C31H37Cl2NO. The highest BCUT2D eigenvalue weighted by atomic mass is 35.5. The van der Waals surface area contributed by atoms with Gasteiger partial charge in [-0.3, -0.25) is 4.98 Å². The van der Waals surface area contributed by atoms with Crippen LogP contribution >= 0.6 is 23.2 Å². The number of halogens is 2. The highest BCUT2D eigenvalue weighted by Gasteiger charge is 1.96. The number of hydrogen-bond donors (Lipinski definition) is 1. The number of aromatic nitrogens is 1. The van der Waals surface area contributed by atoms with Gasteiger partial charge in [0.15, 0.2) is 0 Å². The molecule has 1 aromatic heterocycles. The van der Waals surface area contributed by atoms with Crippen molar-refractivity contribution >= 4 is 23.2 Å². The van der Waals surface area contributed by atoms with Crippen molar-refractivity contribution in [1.82, 2.24) is 4.98 Å². The molecule has 0 aliphatic rings. The van der Waals surface area contributed by atoms with Gasteiger partial charge in [-0.05, 0) is 77.8 Å². The first-order chi connectivity index (χ1) is 16.5. The fourth-order valence-corrected chi connectivity index (χ4v) is 3.07. The minimum Gasteiger partial charge on any atom is -0.390 e. The molecule has 0 aliphatic carbocycles. The van der Waals surface area contributed by atoms with Crippen molar-refractivity contribution in [2.75, 3.05) is 0 Å². The summed E-state index contributed by atoms with van der Waals surface area (Å²) in [5.41, 5.74) is 9.23. The highest BCUT2D eigenvalue weighted by molar-refractivity contribution is 6.42. The van der Waals surface area contributed by atoms with Crippen LogP contribution in [-0.2, 0) is 6.61 Å². The summed E-state index contributed by atoms with van der Waals surface area (Å²) in [6.07, 6.45) is 0. The standard InChI is InChI=1S/C8H11NO.2C8H10.C7H6Cl2/c1-6-3-4-7(2)9-8(6)5-10;2*1-7-3-5-8(2)6-4-7;1-5-2-3-6(8)7(9)4-5/h3-4,10H,5H2,1-2H3;2*3-6H,1-2H3;2-4H,1H3. The third-order valence-electron chi connectivity index (χ3n) is 5.00. The first-order valence-corrected chi connectivity index (χ1v) is 12.3. The van der Waals surface area contributed by atoms with Crippen LogP contribution in [0, 0.1) is 48.5 Å². The number of rotatable bonds is 1. The molecule has 0 fully saturated rings. The number of aliphatic hydroxyl groups is 1. The van der Waals surface area contributed by atoms with Crippen LogP contribution in [0.2, 0.25) is 10.0 Å². The average Bonchev–Trinajstić information content (AvgIpc) is 2.83. The minimum absolute atomic E-state index is 0.0352. The minimum atomic E-state index is 0.0352. The molecule has 4 rings (SSSR count). The van der Waals surface area contributed by atoms with Crippen LogP contribution in [0.1, 0.15) is 44.8 Å². The molecule has 0 spiro atoms. The van der Waals surface area contributed by atoms with Crippen molar-refractivity contribution in [2.45, 2.75) is 55.1 Å². The molecule has 0 atom stereocenters. The monoisotopic (exact) mass is 509 g/mol. The zero-order chi connectivity index (χ0) is 26.4. The van der Waals surface area contributed by atoms with Crippen molar-refractivity contribution in [2.24, 2.45) is 0 Å².